The largest absolute Gasteiger partial charge is 0.496 e. The zero-order valence-corrected chi connectivity index (χ0v) is 19.2. The fourth-order valence-corrected chi connectivity index (χ4v) is 4.22. The number of carbonyl (C=O) groups is 1. The van der Waals surface area contributed by atoms with Crippen LogP contribution in [0.5, 0.6) is 5.75 Å². The Morgan fingerprint density at radius 3 is 2.55 bits per heavy atom. The zero-order valence-electron chi connectivity index (χ0n) is 19.2. The number of hydrogen-bond donors (Lipinski definition) is 1. The second kappa shape index (κ2) is 10.6. The van der Waals surface area contributed by atoms with E-state index in [1.807, 2.05) is 6.07 Å². The number of fused-ring (bicyclic) bond motifs is 1. The second-order valence-electron chi connectivity index (χ2n) is 8.83. The van der Waals surface area contributed by atoms with Crippen LogP contribution in [0.4, 0.5) is 0 Å². The quantitative estimate of drug-likeness (QED) is 0.705. The fraction of sp³-hybridized carbons (Fsp3) is 0.520. The van der Waals surface area contributed by atoms with E-state index in [4.69, 9.17) is 4.74 Å². The van der Waals surface area contributed by atoms with Crippen molar-refractivity contribution < 1.29 is 9.53 Å². The van der Waals surface area contributed by atoms with Crippen LogP contribution in [0.25, 0.3) is 0 Å². The van der Waals surface area contributed by atoms with Gasteiger partial charge in [0.1, 0.15) is 11.3 Å². The van der Waals surface area contributed by atoms with Crippen LogP contribution in [0, 0.1) is 5.92 Å². The number of rotatable bonds is 8. The minimum Gasteiger partial charge on any atom is -0.496 e. The molecule has 6 nitrogen and oxygen atoms in total. The van der Waals surface area contributed by atoms with Gasteiger partial charge in [0, 0.05) is 50.9 Å². The van der Waals surface area contributed by atoms with Crippen LogP contribution in [0.15, 0.2) is 41.2 Å². The van der Waals surface area contributed by atoms with Crippen molar-refractivity contribution in [2.45, 2.75) is 46.1 Å². The van der Waals surface area contributed by atoms with Gasteiger partial charge in [-0.3, -0.25) is 9.59 Å². The Hall–Kier alpha value is -2.60. The molecule has 168 valence electrons. The van der Waals surface area contributed by atoms with Gasteiger partial charge in [0.05, 0.1) is 7.11 Å². The second-order valence-corrected chi connectivity index (χ2v) is 8.83. The summed E-state index contributed by atoms with van der Waals surface area (Å²) in [7, 11) is 1.52. The Labute approximate surface area is 185 Å². The van der Waals surface area contributed by atoms with Crippen LogP contribution < -0.4 is 15.6 Å². The number of benzene rings is 1. The van der Waals surface area contributed by atoms with Crippen molar-refractivity contribution in [3.63, 3.8) is 0 Å². The van der Waals surface area contributed by atoms with E-state index < -0.39 is 0 Å². The molecule has 1 aliphatic heterocycles. The smallest absolute Gasteiger partial charge is 0.256 e. The fourth-order valence-electron chi connectivity index (χ4n) is 4.22. The summed E-state index contributed by atoms with van der Waals surface area (Å²) in [5, 5.41) is 3.01. The number of pyridine rings is 1. The first-order valence-corrected chi connectivity index (χ1v) is 11.3. The summed E-state index contributed by atoms with van der Waals surface area (Å²) in [5.41, 5.74) is 2.49. The molecule has 0 saturated carbocycles. The van der Waals surface area contributed by atoms with Gasteiger partial charge in [0.2, 0.25) is 0 Å². The topological polar surface area (TPSA) is 63.6 Å². The number of aromatic nitrogens is 1. The number of amides is 1. The van der Waals surface area contributed by atoms with Crippen LogP contribution in [-0.4, -0.2) is 48.7 Å². The number of methoxy groups -OCH3 is 1. The van der Waals surface area contributed by atoms with Crippen molar-refractivity contribution >= 4 is 5.91 Å². The van der Waals surface area contributed by atoms with E-state index >= 15 is 0 Å². The monoisotopic (exact) mass is 425 g/mol. The predicted octanol–water partition coefficient (Wildman–Crippen LogP) is 3.29. The lowest BCUT2D eigenvalue weighted by Gasteiger charge is -2.24. The third kappa shape index (κ3) is 5.76. The minimum atomic E-state index is -0.160. The van der Waals surface area contributed by atoms with E-state index in [0.29, 0.717) is 42.7 Å². The Kier molecular flexibility index (Phi) is 7.91. The molecule has 0 fully saturated rings. The van der Waals surface area contributed by atoms with Gasteiger partial charge in [-0.2, -0.15) is 0 Å². The van der Waals surface area contributed by atoms with Gasteiger partial charge >= 0.3 is 0 Å². The van der Waals surface area contributed by atoms with Gasteiger partial charge in [-0.05, 0) is 23.8 Å². The van der Waals surface area contributed by atoms with Crippen LogP contribution in [-0.2, 0) is 13.0 Å². The molecule has 1 aromatic heterocycles. The maximum atomic E-state index is 13.0. The highest BCUT2D eigenvalue weighted by Crippen LogP contribution is 2.24. The number of ether oxygens (including phenoxy) is 1. The Morgan fingerprint density at radius 2 is 1.87 bits per heavy atom. The summed E-state index contributed by atoms with van der Waals surface area (Å²) in [5.74, 6) is 1.11. The molecule has 0 saturated heterocycles. The van der Waals surface area contributed by atoms with Crippen molar-refractivity contribution in [3.8, 4) is 5.75 Å². The molecule has 0 spiro atoms. The highest BCUT2D eigenvalue weighted by atomic mass is 16.5. The van der Waals surface area contributed by atoms with Gasteiger partial charge < -0.3 is 19.5 Å². The molecule has 0 radical (unpaired) electrons. The lowest BCUT2D eigenvalue weighted by molar-refractivity contribution is 0.0946. The van der Waals surface area contributed by atoms with Gasteiger partial charge in [-0.15, -0.1) is 0 Å². The van der Waals surface area contributed by atoms with Crippen LogP contribution in [0.3, 0.4) is 0 Å². The maximum absolute atomic E-state index is 13.0. The molecule has 0 unspecified atom stereocenters. The highest BCUT2D eigenvalue weighted by molar-refractivity contribution is 5.98. The molecule has 2 aromatic rings. The lowest BCUT2D eigenvalue weighted by atomic mass is 10.0. The Balaban J connectivity index is 1.80. The molecule has 1 atom stereocenters. The third-order valence-electron chi connectivity index (χ3n) is 6.04. The van der Waals surface area contributed by atoms with Crippen molar-refractivity contribution in [1.29, 1.82) is 0 Å². The lowest BCUT2D eigenvalue weighted by Crippen LogP contribution is -2.32. The average molecular weight is 426 g/mol. The maximum Gasteiger partial charge on any atom is 0.256 e. The molecule has 3 rings (SSSR count). The van der Waals surface area contributed by atoms with E-state index in [9.17, 15) is 9.59 Å². The van der Waals surface area contributed by atoms with E-state index in [1.54, 1.807) is 4.57 Å². The number of hydrogen-bond acceptors (Lipinski definition) is 4. The number of nitrogens with one attached hydrogen (secondary N) is 1. The van der Waals surface area contributed by atoms with Gasteiger partial charge in [0.15, 0.2) is 0 Å². The number of nitrogens with zero attached hydrogens (tertiary/aromatic N) is 2. The molecule has 1 N–H and O–H groups in total. The summed E-state index contributed by atoms with van der Waals surface area (Å²) in [6.07, 6.45) is 1.55. The first kappa shape index (κ1) is 23.1. The minimum absolute atomic E-state index is 0.108. The SMILES string of the molecule is COc1cc(=O)n2c(c1C(=O)NCCC(C)C)CCN(C[C@@H](C)c1ccccc1)CC2. The van der Waals surface area contributed by atoms with Crippen molar-refractivity contribution in [1.82, 2.24) is 14.8 Å². The van der Waals surface area contributed by atoms with E-state index in [1.165, 1.54) is 18.7 Å². The average Bonchev–Trinajstić information content (AvgIpc) is 2.97. The standard InChI is InChI=1S/C25H35N3O3/c1-18(2)10-12-26-25(30)24-21-11-13-27(17-19(3)20-8-6-5-7-9-20)14-15-28(21)23(29)16-22(24)31-4/h5-9,16,18-19H,10-15,17H2,1-4H3,(H,26,30)/t19-/m1/s1. The van der Waals surface area contributed by atoms with Crippen LogP contribution in [0.2, 0.25) is 0 Å². The van der Waals surface area contributed by atoms with Gasteiger partial charge in [-0.1, -0.05) is 51.1 Å². The molecule has 0 bridgehead atoms. The van der Waals surface area contributed by atoms with Crippen LogP contribution in [0.1, 0.15) is 54.7 Å². The molecule has 31 heavy (non-hydrogen) atoms. The Morgan fingerprint density at radius 1 is 1.13 bits per heavy atom. The molecule has 0 aliphatic carbocycles. The highest BCUT2D eigenvalue weighted by Gasteiger charge is 2.25. The van der Waals surface area contributed by atoms with Crippen molar-refractivity contribution in [2.75, 3.05) is 33.3 Å². The predicted molar refractivity (Wildman–Crippen MR) is 124 cm³/mol. The molecular weight excluding hydrogens is 390 g/mol. The molecule has 1 amide bonds. The molecule has 1 aromatic carbocycles. The van der Waals surface area contributed by atoms with E-state index in [2.05, 4.69) is 55.3 Å². The third-order valence-corrected chi connectivity index (χ3v) is 6.04. The van der Waals surface area contributed by atoms with E-state index in [0.717, 1.165) is 31.7 Å². The zero-order chi connectivity index (χ0) is 22.4. The van der Waals surface area contributed by atoms with Crippen molar-refractivity contribution in [2.24, 2.45) is 5.92 Å². The molecule has 1 aliphatic rings. The summed E-state index contributed by atoms with van der Waals surface area (Å²) >= 11 is 0. The normalized spacial score (nSPS) is 15.3. The van der Waals surface area contributed by atoms with Crippen LogP contribution >= 0.6 is 0 Å². The van der Waals surface area contributed by atoms with E-state index in [-0.39, 0.29) is 11.5 Å². The summed E-state index contributed by atoms with van der Waals surface area (Å²) in [6, 6.07) is 11.9. The first-order valence-electron chi connectivity index (χ1n) is 11.3. The first-order chi connectivity index (χ1) is 14.9. The van der Waals surface area contributed by atoms with Gasteiger partial charge in [0.25, 0.3) is 11.5 Å². The number of carbonyl (C=O) groups excluding carboxylic acids is 1. The summed E-state index contributed by atoms with van der Waals surface area (Å²) in [6.45, 7) is 10.2. The summed E-state index contributed by atoms with van der Waals surface area (Å²) in [4.78, 5) is 28.2. The summed E-state index contributed by atoms with van der Waals surface area (Å²) < 4.78 is 7.20. The molecule has 2 heterocycles. The van der Waals surface area contributed by atoms with Gasteiger partial charge in [-0.25, -0.2) is 0 Å². The van der Waals surface area contributed by atoms with Crippen molar-refractivity contribution in [3.05, 3.63) is 63.6 Å². The molecule has 6 heteroatoms. The molecular formula is C25H35N3O3. The Bertz CT molecular complexity index is 937.